The van der Waals surface area contributed by atoms with Crippen LogP contribution in [0.25, 0.3) is 0 Å². The van der Waals surface area contributed by atoms with Gasteiger partial charge in [-0.3, -0.25) is 4.72 Å². The summed E-state index contributed by atoms with van der Waals surface area (Å²) < 4.78 is 26.1. The molecular weight excluding hydrogens is 240 g/mol. The van der Waals surface area contributed by atoms with Gasteiger partial charge in [-0.1, -0.05) is 6.07 Å². The van der Waals surface area contributed by atoms with E-state index in [-0.39, 0.29) is 10.8 Å². The highest BCUT2D eigenvalue weighted by Gasteiger charge is 2.15. The first-order chi connectivity index (χ1) is 8.08. The smallest absolute Gasteiger partial charge is 0.262 e. The molecule has 0 aliphatic rings. The molecule has 2 aromatic heterocycles. The van der Waals surface area contributed by atoms with E-state index in [4.69, 9.17) is 0 Å². The maximum absolute atomic E-state index is 11.9. The van der Waals surface area contributed by atoms with Crippen molar-refractivity contribution in [2.24, 2.45) is 0 Å². The molecule has 17 heavy (non-hydrogen) atoms. The van der Waals surface area contributed by atoms with Crippen LogP contribution in [0.3, 0.4) is 0 Å². The largest absolute Gasteiger partial charge is 0.280 e. The van der Waals surface area contributed by atoms with Crippen LogP contribution in [0.1, 0.15) is 5.56 Å². The van der Waals surface area contributed by atoms with Crippen molar-refractivity contribution in [2.45, 2.75) is 11.9 Å². The van der Waals surface area contributed by atoms with Gasteiger partial charge >= 0.3 is 0 Å². The highest BCUT2D eigenvalue weighted by molar-refractivity contribution is 7.92. The predicted molar refractivity (Wildman–Crippen MR) is 61.8 cm³/mol. The van der Waals surface area contributed by atoms with Crippen molar-refractivity contribution >= 4 is 15.8 Å². The first-order valence-electron chi connectivity index (χ1n) is 4.79. The molecule has 0 saturated carbocycles. The summed E-state index contributed by atoms with van der Waals surface area (Å²) in [4.78, 5) is 11.3. The quantitative estimate of drug-likeness (QED) is 0.877. The normalized spacial score (nSPS) is 11.1. The average molecular weight is 250 g/mol. The summed E-state index contributed by atoms with van der Waals surface area (Å²) in [5.74, 6) is 0.211. The van der Waals surface area contributed by atoms with Gasteiger partial charge in [0.25, 0.3) is 10.0 Å². The third-order valence-electron chi connectivity index (χ3n) is 1.98. The SMILES string of the molecule is Cc1ccc(S(=O)(=O)Nc2ccncn2)nc1. The van der Waals surface area contributed by atoms with Crippen molar-refractivity contribution in [3.8, 4) is 0 Å². The van der Waals surface area contributed by atoms with E-state index in [9.17, 15) is 8.42 Å². The maximum atomic E-state index is 11.9. The van der Waals surface area contributed by atoms with Gasteiger partial charge in [-0.25, -0.2) is 15.0 Å². The minimum absolute atomic E-state index is 0.0401. The average Bonchev–Trinajstić information content (AvgIpc) is 2.30. The minimum atomic E-state index is -3.68. The second-order valence-corrected chi connectivity index (χ2v) is 5.00. The number of rotatable bonds is 3. The summed E-state index contributed by atoms with van der Waals surface area (Å²) in [5.41, 5.74) is 0.894. The van der Waals surface area contributed by atoms with Crippen LogP contribution in [0, 0.1) is 6.92 Å². The summed E-state index contributed by atoms with van der Waals surface area (Å²) in [6, 6.07) is 4.59. The topological polar surface area (TPSA) is 84.8 Å². The van der Waals surface area contributed by atoms with Gasteiger partial charge in [0.15, 0.2) is 5.03 Å². The highest BCUT2D eigenvalue weighted by atomic mass is 32.2. The molecule has 7 heteroatoms. The molecule has 0 atom stereocenters. The molecular formula is C10H10N4O2S. The minimum Gasteiger partial charge on any atom is -0.262 e. The molecule has 0 bridgehead atoms. The zero-order valence-electron chi connectivity index (χ0n) is 9.03. The molecule has 2 rings (SSSR count). The fourth-order valence-corrected chi connectivity index (χ4v) is 2.09. The van der Waals surface area contributed by atoms with Gasteiger partial charge in [-0.05, 0) is 24.6 Å². The van der Waals surface area contributed by atoms with Gasteiger partial charge in [-0.15, -0.1) is 0 Å². The van der Waals surface area contributed by atoms with E-state index in [0.717, 1.165) is 5.56 Å². The van der Waals surface area contributed by atoms with Crippen LogP contribution in [-0.4, -0.2) is 23.4 Å². The van der Waals surface area contributed by atoms with Crippen molar-refractivity contribution in [1.29, 1.82) is 0 Å². The van der Waals surface area contributed by atoms with Gasteiger partial charge in [0, 0.05) is 12.4 Å². The van der Waals surface area contributed by atoms with Crippen LogP contribution in [0.15, 0.2) is 41.9 Å². The lowest BCUT2D eigenvalue weighted by molar-refractivity contribution is 0.597. The lowest BCUT2D eigenvalue weighted by Gasteiger charge is -2.05. The Balaban J connectivity index is 2.29. The Kier molecular flexibility index (Phi) is 3.01. The highest BCUT2D eigenvalue weighted by Crippen LogP contribution is 2.11. The first-order valence-corrected chi connectivity index (χ1v) is 6.28. The summed E-state index contributed by atoms with van der Waals surface area (Å²) in [6.07, 6.45) is 4.21. The van der Waals surface area contributed by atoms with Crippen LogP contribution >= 0.6 is 0 Å². The van der Waals surface area contributed by atoms with Crippen LogP contribution in [0.2, 0.25) is 0 Å². The molecule has 2 heterocycles. The third kappa shape index (κ3) is 2.76. The molecule has 0 saturated heterocycles. The molecule has 0 amide bonds. The molecule has 1 N–H and O–H groups in total. The molecule has 0 aliphatic heterocycles. The van der Waals surface area contributed by atoms with E-state index in [0.29, 0.717) is 0 Å². The third-order valence-corrected chi connectivity index (χ3v) is 3.25. The number of sulfonamides is 1. The lowest BCUT2D eigenvalue weighted by atomic mass is 10.3. The maximum Gasteiger partial charge on any atom is 0.280 e. The van der Waals surface area contributed by atoms with Crippen LogP contribution in [0.5, 0.6) is 0 Å². The standard InChI is InChI=1S/C10H10N4O2S/c1-8-2-3-10(12-6-8)17(15,16)14-9-4-5-11-7-13-9/h2-7H,1H3,(H,11,13,14). The number of aryl methyl sites for hydroxylation is 1. The van der Waals surface area contributed by atoms with E-state index in [1.165, 1.54) is 30.9 Å². The summed E-state index contributed by atoms with van der Waals surface area (Å²) >= 11 is 0. The number of hydrogen-bond donors (Lipinski definition) is 1. The van der Waals surface area contributed by atoms with Gasteiger partial charge in [-0.2, -0.15) is 8.42 Å². The Morgan fingerprint density at radius 2 is 2.00 bits per heavy atom. The molecule has 0 fully saturated rings. The Bertz CT molecular complexity index is 596. The molecule has 6 nitrogen and oxygen atoms in total. The predicted octanol–water partition coefficient (Wildman–Crippen LogP) is 0.981. The van der Waals surface area contributed by atoms with Crippen molar-refractivity contribution < 1.29 is 8.42 Å². The number of pyridine rings is 1. The number of nitrogens with one attached hydrogen (secondary N) is 1. The zero-order chi connectivity index (χ0) is 12.3. The molecule has 2 aromatic rings. The van der Waals surface area contributed by atoms with Gasteiger partial charge in [0.2, 0.25) is 0 Å². The second-order valence-electron chi connectivity index (χ2n) is 3.37. The fourth-order valence-electron chi connectivity index (χ4n) is 1.15. The number of nitrogens with zero attached hydrogens (tertiary/aromatic N) is 3. The van der Waals surface area contributed by atoms with Crippen molar-refractivity contribution in [3.05, 3.63) is 42.5 Å². The monoisotopic (exact) mass is 250 g/mol. The van der Waals surface area contributed by atoms with Gasteiger partial charge in [0.1, 0.15) is 12.1 Å². The number of hydrogen-bond acceptors (Lipinski definition) is 5. The molecule has 0 unspecified atom stereocenters. The van der Waals surface area contributed by atoms with E-state index in [2.05, 4.69) is 19.7 Å². The number of anilines is 1. The van der Waals surface area contributed by atoms with Crippen molar-refractivity contribution in [3.63, 3.8) is 0 Å². The van der Waals surface area contributed by atoms with Crippen LogP contribution in [-0.2, 0) is 10.0 Å². The summed E-state index contributed by atoms with van der Waals surface area (Å²) in [5, 5.41) is -0.0401. The lowest BCUT2D eigenvalue weighted by Crippen LogP contribution is -2.15. The van der Waals surface area contributed by atoms with Crippen LogP contribution < -0.4 is 4.72 Å². The Hall–Kier alpha value is -2.02. The van der Waals surface area contributed by atoms with E-state index < -0.39 is 10.0 Å². The number of aromatic nitrogens is 3. The first kappa shape index (κ1) is 11.5. The van der Waals surface area contributed by atoms with E-state index in [1.54, 1.807) is 6.07 Å². The second kappa shape index (κ2) is 4.46. The zero-order valence-corrected chi connectivity index (χ0v) is 9.85. The van der Waals surface area contributed by atoms with Crippen LogP contribution in [0.4, 0.5) is 5.82 Å². The molecule has 0 aromatic carbocycles. The fraction of sp³-hybridized carbons (Fsp3) is 0.100. The van der Waals surface area contributed by atoms with E-state index >= 15 is 0 Å². The van der Waals surface area contributed by atoms with Gasteiger partial charge in [0.05, 0.1) is 0 Å². The summed E-state index contributed by atoms with van der Waals surface area (Å²) in [7, 11) is -3.68. The Labute approximate surface area is 98.8 Å². The summed E-state index contributed by atoms with van der Waals surface area (Å²) in [6.45, 7) is 1.83. The van der Waals surface area contributed by atoms with E-state index in [1.807, 2.05) is 6.92 Å². The van der Waals surface area contributed by atoms with Gasteiger partial charge < -0.3 is 0 Å². The Morgan fingerprint density at radius 3 is 2.59 bits per heavy atom. The molecule has 0 radical (unpaired) electrons. The molecule has 0 aliphatic carbocycles. The molecule has 88 valence electrons. The van der Waals surface area contributed by atoms with Crippen molar-refractivity contribution in [2.75, 3.05) is 4.72 Å². The molecule has 0 spiro atoms. The Morgan fingerprint density at radius 1 is 1.18 bits per heavy atom. The van der Waals surface area contributed by atoms with Crippen molar-refractivity contribution in [1.82, 2.24) is 15.0 Å².